The lowest BCUT2D eigenvalue weighted by molar-refractivity contribution is 0.134. The van der Waals surface area contributed by atoms with E-state index in [1.807, 2.05) is 18.7 Å². The molecule has 0 bridgehead atoms. The first-order valence-electron chi connectivity index (χ1n) is 7.80. The minimum Gasteiger partial charge on any atom is -0.312 e. The molecule has 0 amide bonds. The number of nitrogens with one attached hydrogen (secondary N) is 1. The van der Waals surface area contributed by atoms with Crippen LogP contribution in [-0.2, 0) is 13.6 Å². The van der Waals surface area contributed by atoms with Crippen LogP contribution in [0.1, 0.15) is 43.5 Å². The minimum absolute atomic E-state index is 0.649. The third kappa shape index (κ3) is 3.18. The molecule has 1 aliphatic heterocycles. The van der Waals surface area contributed by atoms with Gasteiger partial charge in [0, 0.05) is 32.2 Å². The van der Waals surface area contributed by atoms with E-state index in [1.54, 1.807) is 0 Å². The summed E-state index contributed by atoms with van der Waals surface area (Å²) in [4.78, 5) is 2.58. The zero-order chi connectivity index (χ0) is 14.1. The summed E-state index contributed by atoms with van der Waals surface area (Å²) in [5, 5.41) is 8.95. The summed E-state index contributed by atoms with van der Waals surface area (Å²) in [6, 6.07) is 1.44. The molecule has 0 spiro atoms. The standard InChI is InChI=1S/C15H25ClN4/c1-11-15(16)14(19(2)18-11)10-20-8-4-3-5-13(20)9-17-12-6-7-12/h12-13,17H,3-10H2,1-2H3. The summed E-state index contributed by atoms with van der Waals surface area (Å²) < 4.78 is 1.94. The average Bonchev–Trinajstić information content (AvgIpc) is 3.23. The van der Waals surface area contributed by atoms with Crippen LogP contribution in [0.2, 0.25) is 5.02 Å². The van der Waals surface area contributed by atoms with Gasteiger partial charge in [-0.2, -0.15) is 5.10 Å². The van der Waals surface area contributed by atoms with Crippen molar-refractivity contribution in [3.63, 3.8) is 0 Å². The number of hydrogen-bond donors (Lipinski definition) is 1. The minimum atomic E-state index is 0.649. The van der Waals surface area contributed by atoms with Gasteiger partial charge >= 0.3 is 0 Å². The van der Waals surface area contributed by atoms with Crippen molar-refractivity contribution in [2.24, 2.45) is 7.05 Å². The van der Waals surface area contributed by atoms with E-state index >= 15 is 0 Å². The van der Waals surface area contributed by atoms with Gasteiger partial charge in [0.15, 0.2) is 0 Å². The van der Waals surface area contributed by atoms with Crippen molar-refractivity contribution in [3.05, 3.63) is 16.4 Å². The maximum absolute atomic E-state index is 6.39. The lowest BCUT2D eigenvalue weighted by Crippen LogP contribution is -2.45. The third-order valence-corrected chi connectivity index (χ3v) is 5.07. The monoisotopic (exact) mass is 296 g/mol. The van der Waals surface area contributed by atoms with Gasteiger partial charge in [0.2, 0.25) is 0 Å². The van der Waals surface area contributed by atoms with E-state index in [2.05, 4.69) is 15.3 Å². The molecule has 1 saturated heterocycles. The Hall–Kier alpha value is -0.580. The molecule has 3 rings (SSSR count). The number of nitrogens with zero attached hydrogens (tertiary/aromatic N) is 3. The molecule has 112 valence electrons. The molecule has 20 heavy (non-hydrogen) atoms. The Balaban J connectivity index is 1.65. The summed E-state index contributed by atoms with van der Waals surface area (Å²) in [6.07, 6.45) is 6.67. The largest absolute Gasteiger partial charge is 0.312 e. The quantitative estimate of drug-likeness (QED) is 0.906. The van der Waals surface area contributed by atoms with Crippen LogP contribution in [-0.4, -0.2) is 39.9 Å². The Labute approximate surface area is 126 Å². The number of aryl methyl sites for hydroxylation is 2. The Morgan fingerprint density at radius 3 is 2.75 bits per heavy atom. The van der Waals surface area contributed by atoms with Crippen molar-refractivity contribution < 1.29 is 0 Å². The van der Waals surface area contributed by atoms with Gasteiger partial charge in [-0.15, -0.1) is 0 Å². The molecule has 2 heterocycles. The molecule has 1 unspecified atom stereocenters. The summed E-state index contributed by atoms with van der Waals surface area (Å²) in [6.45, 7) is 5.21. The zero-order valence-electron chi connectivity index (χ0n) is 12.5. The molecule has 1 N–H and O–H groups in total. The highest BCUT2D eigenvalue weighted by Gasteiger charge is 2.27. The fourth-order valence-electron chi connectivity index (χ4n) is 3.13. The van der Waals surface area contributed by atoms with Gasteiger partial charge < -0.3 is 5.32 Å². The summed E-state index contributed by atoms with van der Waals surface area (Å²) in [7, 11) is 2.00. The third-order valence-electron chi connectivity index (χ3n) is 4.58. The average molecular weight is 297 g/mol. The van der Waals surface area contributed by atoms with Gasteiger partial charge in [0.25, 0.3) is 0 Å². The predicted octanol–water partition coefficient (Wildman–Crippen LogP) is 2.49. The van der Waals surface area contributed by atoms with Crippen molar-refractivity contribution in [1.82, 2.24) is 20.0 Å². The van der Waals surface area contributed by atoms with E-state index in [-0.39, 0.29) is 0 Å². The second-order valence-corrected chi connectivity index (χ2v) is 6.65. The van der Waals surface area contributed by atoms with Crippen molar-refractivity contribution in [2.45, 2.75) is 57.7 Å². The van der Waals surface area contributed by atoms with Crippen LogP contribution in [0.15, 0.2) is 0 Å². The molecule has 2 fully saturated rings. The van der Waals surface area contributed by atoms with E-state index in [1.165, 1.54) is 38.6 Å². The molecule has 1 atom stereocenters. The molecule has 4 nitrogen and oxygen atoms in total. The summed E-state index contributed by atoms with van der Waals surface area (Å²) in [5.41, 5.74) is 2.09. The van der Waals surface area contributed by atoms with E-state index in [0.717, 1.165) is 35.5 Å². The van der Waals surface area contributed by atoms with Crippen LogP contribution < -0.4 is 5.32 Å². The fraction of sp³-hybridized carbons (Fsp3) is 0.800. The fourth-order valence-corrected chi connectivity index (χ4v) is 3.35. The van der Waals surface area contributed by atoms with E-state index in [4.69, 9.17) is 11.6 Å². The van der Waals surface area contributed by atoms with Crippen LogP contribution in [0, 0.1) is 6.92 Å². The molecule has 1 aliphatic carbocycles. The van der Waals surface area contributed by atoms with E-state index < -0.39 is 0 Å². The van der Waals surface area contributed by atoms with Crippen LogP contribution in [0.5, 0.6) is 0 Å². The van der Waals surface area contributed by atoms with E-state index in [9.17, 15) is 0 Å². The van der Waals surface area contributed by atoms with Crippen LogP contribution in [0.4, 0.5) is 0 Å². The smallest absolute Gasteiger partial charge is 0.0860 e. The topological polar surface area (TPSA) is 33.1 Å². The van der Waals surface area contributed by atoms with Crippen LogP contribution >= 0.6 is 11.6 Å². The molecule has 5 heteroatoms. The number of halogens is 1. The Morgan fingerprint density at radius 1 is 1.30 bits per heavy atom. The highest BCUT2D eigenvalue weighted by Crippen LogP contribution is 2.26. The number of rotatable bonds is 5. The first kappa shape index (κ1) is 14.4. The Kier molecular flexibility index (Phi) is 4.34. The summed E-state index contributed by atoms with van der Waals surface area (Å²) in [5.74, 6) is 0. The van der Waals surface area contributed by atoms with Crippen LogP contribution in [0.3, 0.4) is 0 Å². The molecular weight excluding hydrogens is 272 g/mol. The van der Waals surface area contributed by atoms with Crippen molar-refractivity contribution >= 4 is 11.6 Å². The number of hydrogen-bond acceptors (Lipinski definition) is 3. The molecule has 2 aliphatic rings. The number of piperidine rings is 1. The predicted molar refractivity (Wildman–Crippen MR) is 82.0 cm³/mol. The van der Waals surface area contributed by atoms with Gasteiger partial charge in [-0.25, -0.2) is 0 Å². The lowest BCUT2D eigenvalue weighted by atomic mass is 10.0. The normalized spacial score (nSPS) is 24.2. The second kappa shape index (κ2) is 6.04. The highest BCUT2D eigenvalue weighted by molar-refractivity contribution is 6.31. The van der Waals surface area contributed by atoms with Gasteiger partial charge in [0.1, 0.15) is 0 Å². The van der Waals surface area contributed by atoms with Crippen LogP contribution in [0.25, 0.3) is 0 Å². The van der Waals surface area contributed by atoms with Crippen molar-refractivity contribution in [3.8, 4) is 0 Å². The SMILES string of the molecule is Cc1nn(C)c(CN2CCCCC2CNC2CC2)c1Cl. The second-order valence-electron chi connectivity index (χ2n) is 6.27. The Morgan fingerprint density at radius 2 is 2.10 bits per heavy atom. The zero-order valence-corrected chi connectivity index (χ0v) is 13.3. The molecular formula is C15H25ClN4. The van der Waals surface area contributed by atoms with Gasteiger partial charge in [-0.3, -0.25) is 9.58 Å². The highest BCUT2D eigenvalue weighted by atomic mass is 35.5. The Bertz CT molecular complexity index is 467. The van der Waals surface area contributed by atoms with Crippen molar-refractivity contribution in [2.75, 3.05) is 13.1 Å². The molecule has 0 radical (unpaired) electrons. The van der Waals surface area contributed by atoms with Gasteiger partial charge in [-0.1, -0.05) is 18.0 Å². The van der Waals surface area contributed by atoms with Gasteiger partial charge in [0.05, 0.1) is 16.4 Å². The number of likely N-dealkylation sites (tertiary alicyclic amines) is 1. The molecule has 0 aromatic carbocycles. The molecule has 1 saturated carbocycles. The maximum Gasteiger partial charge on any atom is 0.0860 e. The summed E-state index contributed by atoms with van der Waals surface area (Å²) >= 11 is 6.39. The maximum atomic E-state index is 6.39. The lowest BCUT2D eigenvalue weighted by Gasteiger charge is -2.36. The van der Waals surface area contributed by atoms with E-state index in [0.29, 0.717) is 6.04 Å². The first-order valence-corrected chi connectivity index (χ1v) is 8.18. The van der Waals surface area contributed by atoms with Crippen molar-refractivity contribution in [1.29, 1.82) is 0 Å². The number of aromatic nitrogens is 2. The molecule has 1 aromatic heterocycles. The first-order chi connectivity index (χ1) is 9.65. The van der Waals surface area contributed by atoms with Gasteiger partial charge in [-0.05, 0) is 39.2 Å². The molecule has 1 aromatic rings.